The molecular formula is C14H22. The van der Waals surface area contributed by atoms with Crippen molar-refractivity contribution in [1.82, 2.24) is 0 Å². The quantitative estimate of drug-likeness (QED) is 0.556. The second kappa shape index (κ2) is 4.16. The van der Waals surface area contributed by atoms with Crippen LogP contribution in [0.3, 0.4) is 0 Å². The predicted molar refractivity (Wildman–Crippen MR) is 64.3 cm³/mol. The molecule has 1 aliphatic carbocycles. The zero-order valence-corrected chi connectivity index (χ0v) is 9.98. The van der Waals surface area contributed by atoms with Crippen LogP contribution < -0.4 is 0 Å². The Balaban J connectivity index is 3.07. The molecular weight excluding hydrogens is 168 g/mol. The number of hydrogen-bond acceptors (Lipinski definition) is 0. The molecule has 0 amide bonds. The van der Waals surface area contributed by atoms with E-state index in [0.717, 1.165) is 0 Å². The highest BCUT2D eigenvalue weighted by Crippen LogP contribution is 2.43. The van der Waals surface area contributed by atoms with Crippen LogP contribution in [0.2, 0.25) is 0 Å². The molecule has 0 saturated carbocycles. The lowest BCUT2D eigenvalue weighted by atomic mass is 9.70. The van der Waals surface area contributed by atoms with Crippen molar-refractivity contribution in [2.75, 3.05) is 0 Å². The fraction of sp³-hybridized carbons (Fsp3) is 0.571. The lowest BCUT2D eigenvalue weighted by molar-refractivity contribution is 0.374. The van der Waals surface area contributed by atoms with Crippen LogP contribution in [0, 0.1) is 5.41 Å². The summed E-state index contributed by atoms with van der Waals surface area (Å²) in [5.74, 6) is 0. The van der Waals surface area contributed by atoms with Crippen LogP contribution >= 0.6 is 0 Å². The van der Waals surface area contributed by atoms with E-state index in [1.165, 1.54) is 36.0 Å². The van der Waals surface area contributed by atoms with Crippen molar-refractivity contribution in [2.45, 2.75) is 47.0 Å². The van der Waals surface area contributed by atoms with E-state index in [4.69, 9.17) is 0 Å². The minimum Gasteiger partial charge on any atom is -0.0915 e. The van der Waals surface area contributed by atoms with Crippen LogP contribution in [-0.4, -0.2) is 0 Å². The van der Waals surface area contributed by atoms with Crippen LogP contribution in [0.4, 0.5) is 0 Å². The molecule has 0 atom stereocenters. The van der Waals surface area contributed by atoms with E-state index in [0.29, 0.717) is 5.41 Å². The summed E-state index contributed by atoms with van der Waals surface area (Å²) in [6, 6.07) is 0. The molecule has 14 heavy (non-hydrogen) atoms. The molecule has 0 aromatic rings. The van der Waals surface area contributed by atoms with Crippen LogP contribution in [0.25, 0.3) is 0 Å². The topological polar surface area (TPSA) is 0 Å². The van der Waals surface area contributed by atoms with Crippen molar-refractivity contribution in [3.05, 3.63) is 35.5 Å². The third-order valence-corrected chi connectivity index (χ3v) is 3.15. The summed E-state index contributed by atoms with van der Waals surface area (Å²) in [6.45, 7) is 13.1. The van der Waals surface area contributed by atoms with Crippen molar-refractivity contribution in [1.29, 1.82) is 0 Å². The van der Waals surface area contributed by atoms with Crippen LogP contribution in [0.15, 0.2) is 35.5 Å². The van der Waals surface area contributed by atoms with Gasteiger partial charge < -0.3 is 0 Å². The van der Waals surface area contributed by atoms with Gasteiger partial charge in [-0.05, 0) is 49.7 Å². The normalized spacial score (nSPS) is 21.7. The Morgan fingerprint density at radius 1 is 1.43 bits per heavy atom. The molecule has 0 aromatic carbocycles. The standard InChI is InChI=1S/C14H22/c1-6-8-11(2)13-12(3)9-7-10-14(13,4)5/h6,8H,2,7,9-10H2,1,3-5H3/b8-6+. The SMILES string of the molecule is C=C(/C=C/C)C1=C(C)CCCC1(C)C. The molecule has 0 saturated heterocycles. The number of hydrogen-bond donors (Lipinski definition) is 0. The Morgan fingerprint density at radius 2 is 2.07 bits per heavy atom. The highest BCUT2D eigenvalue weighted by atomic mass is 14.3. The first kappa shape index (κ1) is 11.3. The minimum atomic E-state index is 0.318. The molecule has 0 aromatic heterocycles. The summed E-state index contributed by atoms with van der Waals surface area (Å²) < 4.78 is 0. The molecule has 78 valence electrons. The maximum atomic E-state index is 4.17. The summed E-state index contributed by atoms with van der Waals surface area (Å²) in [5.41, 5.74) is 4.54. The monoisotopic (exact) mass is 190 g/mol. The highest BCUT2D eigenvalue weighted by Gasteiger charge is 2.28. The van der Waals surface area contributed by atoms with Gasteiger partial charge in [-0.15, -0.1) is 0 Å². The smallest absolute Gasteiger partial charge is 0.00983 e. The lowest BCUT2D eigenvalue weighted by Crippen LogP contribution is -2.21. The third-order valence-electron chi connectivity index (χ3n) is 3.15. The summed E-state index contributed by atoms with van der Waals surface area (Å²) in [4.78, 5) is 0. The van der Waals surface area contributed by atoms with Gasteiger partial charge in [0.1, 0.15) is 0 Å². The molecule has 0 radical (unpaired) electrons. The Bertz CT molecular complexity index is 287. The van der Waals surface area contributed by atoms with Crippen LogP contribution in [-0.2, 0) is 0 Å². The lowest BCUT2D eigenvalue weighted by Gasteiger charge is -2.35. The predicted octanol–water partition coefficient (Wildman–Crippen LogP) is 4.65. The zero-order chi connectivity index (χ0) is 10.8. The minimum absolute atomic E-state index is 0.318. The molecule has 0 aliphatic heterocycles. The average molecular weight is 190 g/mol. The van der Waals surface area contributed by atoms with Crippen molar-refractivity contribution in [3.63, 3.8) is 0 Å². The summed E-state index contributed by atoms with van der Waals surface area (Å²) in [7, 11) is 0. The molecule has 0 fully saturated rings. The van der Waals surface area contributed by atoms with Gasteiger partial charge in [0, 0.05) is 0 Å². The first-order valence-electron chi connectivity index (χ1n) is 5.51. The second-order valence-corrected chi connectivity index (χ2v) is 4.92. The van der Waals surface area contributed by atoms with Crippen molar-refractivity contribution < 1.29 is 0 Å². The molecule has 0 N–H and O–H groups in total. The molecule has 0 heterocycles. The maximum Gasteiger partial charge on any atom is -0.00983 e. The third kappa shape index (κ3) is 2.17. The van der Waals surface area contributed by atoms with E-state index in [1.54, 1.807) is 0 Å². The van der Waals surface area contributed by atoms with Gasteiger partial charge in [0.15, 0.2) is 0 Å². The first-order chi connectivity index (χ1) is 6.49. The van der Waals surface area contributed by atoms with Gasteiger partial charge in [-0.1, -0.05) is 38.2 Å². The van der Waals surface area contributed by atoms with Gasteiger partial charge in [-0.3, -0.25) is 0 Å². The molecule has 0 unspecified atom stereocenters. The maximum absolute atomic E-state index is 4.17. The second-order valence-electron chi connectivity index (χ2n) is 4.92. The highest BCUT2D eigenvalue weighted by molar-refractivity contribution is 5.45. The number of allylic oxidation sites excluding steroid dienone is 5. The van der Waals surface area contributed by atoms with E-state index in [1.807, 2.05) is 0 Å². The van der Waals surface area contributed by atoms with E-state index in [9.17, 15) is 0 Å². The van der Waals surface area contributed by atoms with E-state index in [-0.39, 0.29) is 0 Å². The van der Waals surface area contributed by atoms with E-state index >= 15 is 0 Å². The van der Waals surface area contributed by atoms with Gasteiger partial charge in [0.05, 0.1) is 0 Å². The molecule has 0 spiro atoms. The Kier molecular flexibility index (Phi) is 3.36. The first-order valence-corrected chi connectivity index (χ1v) is 5.51. The Labute approximate surface area is 88.4 Å². The van der Waals surface area contributed by atoms with Gasteiger partial charge in [-0.2, -0.15) is 0 Å². The fourth-order valence-electron chi connectivity index (χ4n) is 2.62. The van der Waals surface area contributed by atoms with Gasteiger partial charge in [-0.25, -0.2) is 0 Å². The average Bonchev–Trinajstić information content (AvgIpc) is 2.02. The van der Waals surface area contributed by atoms with Crippen molar-refractivity contribution >= 4 is 0 Å². The molecule has 1 rings (SSSR count). The number of rotatable bonds is 2. The summed E-state index contributed by atoms with van der Waals surface area (Å²) >= 11 is 0. The fourth-order valence-corrected chi connectivity index (χ4v) is 2.62. The van der Waals surface area contributed by atoms with Gasteiger partial charge in [0.2, 0.25) is 0 Å². The summed E-state index contributed by atoms with van der Waals surface area (Å²) in [6.07, 6.45) is 8.07. The van der Waals surface area contributed by atoms with Gasteiger partial charge >= 0.3 is 0 Å². The van der Waals surface area contributed by atoms with E-state index < -0.39 is 0 Å². The largest absolute Gasteiger partial charge is 0.0915 e. The zero-order valence-electron chi connectivity index (χ0n) is 9.98. The molecule has 0 heteroatoms. The van der Waals surface area contributed by atoms with Crippen molar-refractivity contribution in [2.24, 2.45) is 5.41 Å². The Hall–Kier alpha value is -0.780. The molecule has 0 nitrogen and oxygen atoms in total. The van der Waals surface area contributed by atoms with E-state index in [2.05, 4.69) is 46.4 Å². The summed E-state index contributed by atoms with van der Waals surface area (Å²) in [5, 5.41) is 0. The van der Waals surface area contributed by atoms with Crippen LogP contribution in [0.5, 0.6) is 0 Å². The van der Waals surface area contributed by atoms with Crippen molar-refractivity contribution in [3.8, 4) is 0 Å². The molecule has 1 aliphatic rings. The Morgan fingerprint density at radius 3 is 2.57 bits per heavy atom. The molecule has 0 bridgehead atoms. The van der Waals surface area contributed by atoms with Crippen LogP contribution in [0.1, 0.15) is 47.0 Å². The van der Waals surface area contributed by atoms with Gasteiger partial charge in [0.25, 0.3) is 0 Å².